The van der Waals surface area contributed by atoms with Crippen LogP contribution in [0.25, 0.3) is 0 Å². The van der Waals surface area contributed by atoms with Crippen molar-refractivity contribution in [3.63, 3.8) is 0 Å². The summed E-state index contributed by atoms with van der Waals surface area (Å²) in [5, 5.41) is 31.9. The number of aromatic hydroxyl groups is 3. The van der Waals surface area contributed by atoms with Crippen molar-refractivity contribution in [1.29, 1.82) is 0 Å². The number of para-hydroxylation sites is 2. The molecule has 4 aromatic rings. The highest BCUT2D eigenvalue weighted by molar-refractivity contribution is 5.87. The highest BCUT2D eigenvalue weighted by Crippen LogP contribution is 2.49. The zero-order chi connectivity index (χ0) is 25.4. The molecule has 0 amide bonds. The van der Waals surface area contributed by atoms with Gasteiger partial charge < -0.3 is 25.0 Å². The summed E-state index contributed by atoms with van der Waals surface area (Å²) < 4.78 is 6.35. The quantitative estimate of drug-likeness (QED) is 0.277. The van der Waals surface area contributed by atoms with Crippen LogP contribution < -0.4 is 9.64 Å². The van der Waals surface area contributed by atoms with Gasteiger partial charge in [0, 0.05) is 11.1 Å². The summed E-state index contributed by atoms with van der Waals surface area (Å²) in [6.07, 6.45) is 0. The Balaban J connectivity index is 2.03. The highest BCUT2D eigenvalue weighted by Gasteiger charge is 2.26. The van der Waals surface area contributed by atoms with Crippen molar-refractivity contribution in [2.45, 2.75) is 41.5 Å². The largest absolute Gasteiger partial charge is 0.508 e. The molecule has 0 unspecified atom stereocenters. The van der Waals surface area contributed by atoms with E-state index >= 15 is 0 Å². The van der Waals surface area contributed by atoms with Gasteiger partial charge in [-0.15, -0.1) is 0 Å². The predicted molar refractivity (Wildman–Crippen MR) is 141 cm³/mol. The summed E-state index contributed by atoms with van der Waals surface area (Å²) in [6, 6.07) is 18.3. The molecule has 0 aliphatic heterocycles. The van der Waals surface area contributed by atoms with Crippen LogP contribution in [0.1, 0.15) is 33.4 Å². The molecule has 0 heterocycles. The third-order valence-electron chi connectivity index (χ3n) is 6.37. The number of ether oxygens (including phenoxy) is 1. The molecule has 0 radical (unpaired) electrons. The zero-order valence-corrected chi connectivity index (χ0v) is 21.0. The SMILES string of the molecule is Cc1cc(C)c(Oc2ccccc2N(c2c(C)ccc(O)c2C)c2c(C)ccc(O)c2C)c(O)c1. The third-order valence-corrected chi connectivity index (χ3v) is 6.37. The van der Waals surface area contributed by atoms with Gasteiger partial charge >= 0.3 is 0 Å². The van der Waals surface area contributed by atoms with Gasteiger partial charge in [-0.2, -0.15) is 0 Å². The number of phenolic OH excluding ortho intramolecular Hbond substituents is 3. The fourth-order valence-corrected chi connectivity index (χ4v) is 4.59. The normalized spacial score (nSPS) is 10.9. The second-order valence-electron chi connectivity index (χ2n) is 9.09. The van der Waals surface area contributed by atoms with Gasteiger partial charge in [0.05, 0.1) is 17.1 Å². The number of hydrogen-bond donors (Lipinski definition) is 3. The van der Waals surface area contributed by atoms with E-state index in [1.54, 1.807) is 18.2 Å². The molecule has 3 N–H and O–H groups in total. The molecule has 0 fully saturated rings. The Labute approximate surface area is 206 Å². The van der Waals surface area contributed by atoms with Gasteiger partial charge in [-0.3, -0.25) is 0 Å². The van der Waals surface area contributed by atoms with Crippen LogP contribution in [-0.4, -0.2) is 15.3 Å². The smallest absolute Gasteiger partial charge is 0.172 e. The number of benzene rings is 4. The van der Waals surface area contributed by atoms with E-state index in [9.17, 15) is 15.3 Å². The van der Waals surface area contributed by atoms with Gasteiger partial charge in [0.2, 0.25) is 0 Å². The third kappa shape index (κ3) is 4.37. The van der Waals surface area contributed by atoms with Crippen LogP contribution in [0.4, 0.5) is 17.1 Å². The van der Waals surface area contributed by atoms with Gasteiger partial charge in [-0.25, -0.2) is 0 Å². The average molecular weight is 470 g/mol. The lowest BCUT2D eigenvalue weighted by molar-refractivity contribution is 0.409. The summed E-state index contributed by atoms with van der Waals surface area (Å²) in [5.41, 5.74) is 7.37. The number of phenols is 3. The molecule has 5 nitrogen and oxygen atoms in total. The minimum absolute atomic E-state index is 0.0679. The Morgan fingerprint density at radius 3 is 1.69 bits per heavy atom. The number of nitrogens with zero attached hydrogens (tertiary/aromatic N) is 1. The molecule has 0 aliphatic rings. The lowest BCUT2D eigenvalue weighted by Gasteiger charge is -2.33. The molecular formula is C30H31NO4. The molecule has 0 spiro atoms. The van der Waals surface area contributed by atoms with Crippen LogP contribution in [0.15, 0.2) is 60.7 Å². The average Bonchev–Trinajstić information content (AvgIpc) is 2.81. The van der Waals surface area contributed by atoms with Crippen molar-refractivity contribution >= 4 is 17.1 Å². The minimum Gasteiger partial charge on any atom is -0.508 e. The van der Waals surface area contributed by atoms with Crippen LogP contribution >= 0.6 is 0 Å². The molecular weight excluding hydrogens is 438 g/mol. The van der Waals surface area contributed by atoms with Crippen molar-refractivity contribution in [3.8, 4) is 28.7 Å². The molecule has 0 saturated carbocycles. The van der Waals surface area contributed by atoms with Crippen molar-refractivity contribution < 1.29 is 20.1 Å². The molecule has 0 atom stereocenters. The van der Waals surface area contributed by atoms with Crippen LogP contribution in [-0.2, 0) is 0 Å². The first-order chi connectivity index (χ1) is 16.6. The first kappa shape index (κ1) is 24.0. The molecule has 4 aromatic carbocycles. The second-order valence-corrected chi connectivity index (χ2v) is 9.09. The lowest BCUT2D eigenvalue weighted by atomic mass is 10.0. The van der Waals surface area contributed by atoms with E-state index in [2.05, 4.69) is 0 Å². The van der Waals surface area contributed by atoms with Crippen molar-refractivity contribution in [1.82, 2.24) is 0 Å². The maximum Gasteiger partial charge on any atom is 0.172 e. The highest BCUT2D eigenvalue weighted by atomic mass is 16.5. The van der Waals surface area contributed by atoms with Gasteiger partial charge in [0.15, 0.2) is 17.2 Å². The van der Waals surface area contributed by atoms with Crippen molar-refractivity contribution in [2.75, 3.05) is 4.90 Å². The van der Waals surface area contributed by atoms with Crippen LogP contribution in [0, 0.1) is 41.5 Å². The van der Waals surface area contributed by atoms with E-state index in [4.69, 9.17) is 4.74 Å². The molecule has 35 heavy (non-hydrogen) atoms. The first-order valence-corrected chi connectivity index (χ1v) is 11.6. The molecule has 4 rings (SSSR count). The maximum atomic E-state index is 10.6. The summed E-state index contributed by atoms with van der Waals surface area (Å²) in [6.45, 7) is 11.5. The molecule has 0 aromatic heterocycles. The fraction of sp³-hybridized carbons (Fsp3) is 0.200. The molecule has 0 aliphatic carbocycles. The van der Waals surface area contributed by atoms with Crippen LogP contribution in [0.2, 0.25) is 0 Å². The zero-order valence-electron chi connectivity index (χ0n) is 21.0. The predicted octanol–water partition coefficient (Wildman–Crippen LogP) is 7.92. The Kier molecular flexibility index (Phi) is 6.35. The monoisotopic (exact) mass is 469 g/mol. The van der Waals surface area contributed by atoms with Gasteiger partial charge in [-0.1, -0.05) is 30.3 Å². The number of rotatable bonds is 5. The van der Waals surface area contributed by atoms with E-state index in [1.165, 1.54) is 0 Å². The van der Waals surface area contributed by atoms with Crippen LogP contribution in [0.5, 0.6) is 28.7 Å². The Bertz CT molecular complexity index is 1340. The molecule has 5 heteroatoms. The Hall–Kier alpha value is -4.12. The van der Waals surface area contributed by atoms with E-state index in [0.29, 0.717) is 28.3 Å². The number of hydrogen-bond acceptors (Lipinski definition) is 5. The fourth-order valence-electron chi connectivity index (χ4n) is 4.59. The van der Waals surface area contributed by atoms with Crippen molar-refractivity contribution in [3.05, 3.63) is 94.0 Å². The van der Waals surface area contributed by atoms with E-state index in [1.807, 2.05) is 88.9 Å². The Morgan fingerprint density at radius 1 is 0.600 bits per heavy atom. The van der Waals surface area contributed by atoms with Gasteiger partial charge in [0.1, 0.15) is 11.5 Å². The molecule has 180 valence electrons. The second kappa shape index (κ2) is 9.26. The maximum absolute atomic E-state index is 10.6. The number of anilines is 3. The summed E-state index contributed by atoms with van der Waals surface area (Å²) in [5.74, 6) is 1.34. The molecule has 0 saturated heterocycles. The lowest BCUT2D eigenvalue weighted by Crippen LogP contribution is -2.16. The summed E-state index contributed by atoms with van der Waals surface area (Å²) >= 11 is 0. The van der Waals surface area contributed by atoms with Gasteiger partial charge in [-0.05, 0) is 94.1 Å². The summed E-state index contributed by atoms with van der Waals surface area (Å²) in [7, 11) is 0. The first-order valence-electron chi connectivity index (χ1n) is 11.6. The number of aryl methyl sites for hydroxylation is 4. The van der Waals surface area contributed by atoms with Crippen molar-refractivity contribution in [2.24, 2.45) is 0 Å². The topological polar surface area (TPSA) is 73.2 Å². The van der Waals surface area contributed by atoms with E-state index in [-0.39, 0.29) is 17.2 Å². The van der Waals surface area contributed by atoms with E-state index < -0.39 is 0 Å². The minimum atomic E-state index is 0.0679. The van der Waals surface area contributed by atoms with E-state index in [0.717, 1.165) is 33.6 Å². The van der Waals surface area contributed by atoms with Gasteiger partial charge in [0.25, 0.3) is 0 Å². The Morgan fingerprint density at radius 2 is 1.14 bits per heavy atom. The standard InChI is InChI=1S/C30H31NO4/c1-17-15-20(4)30(26(34)16-17)35-27-10-8-7-9-23(27)31(28-18(2)11-13-24(32)21(28)5)29-19(3)12-14-25(33)22(29)6/h7-16,32-34H,1-6H3. The summed E-state index contributed by atoms with van der Waals surface area (Å²) in [4.78, 5) is 2.02. The molecule has 0 bridgehead atoms. The van der Waals surface area contributed by atoms with Crippen LogP contribution in [0.3, 0.4) is 0 Å².